The third-order valence-electron chi connectivity index (χ3n) is 6.85. The van der Waals surface area contributed by atoms with Crippen molar-refractivity contribution in [3.05, 3.63) is 104 Å². The largest absolute Gasteiger partial charge is 0.493 e. The fourth-order valence-corrected chi connectivity index (χ4v) is 6.44. The van der Waals surface area contributed by atoms with Crippen molar-refractivity contribution in [1.29, 1.82) is 0 Å². The summed E-state index contributed by atoms with van der Waals surface area (Å²) >= 11 is 11.5. The number of benzene rings is 3. The molecule has 0 amide bonds. The Labute approximate surface area is 268 Å². The first kappa shape index (κ1) is 31.0. The Balaban J connectivity index is 1.48. The zero-order valence-corrected chi connectivity index (χ0v) is 27.3. The molecule has 0 radical (unpaired) electrons. The summed E-state index contributed by atoms with van der Waals surface area (Å²) in [6.45, 7) is 4.59. The zero-order valence-electron chi connectivity index (χ0n) is 24.1. The van der Waals surface area contributed by atoms with Gasteiger partial charge < -0.3 is 19.5 Å². The highest BCUT2D eigenvalue weighted by molar-refractivity contribution is 9.10. The third-order valence-corrected chi connectivity index (χ3v) is 8.70. The molecular formula is C32H32BrClN4O4S. The number of carbonyl (C=O) groups excluding carboxylic acids is 1. The molecule has 8 nitrogen and oxygen atoms in total. The second-order valence-electron chi connectivity index (χ2n) is 9.86. The number of rotatable bonds is 12. The highest BCUT2D eigenvalue weighted by Crippen LogP contribution is 2.43. The number of hydrogen-bond donors (Lipinski definition) is 1. The minimum absolute atomic E-state index is 0.312. The van der Waals surface area contributed by atoms with Gasteiger partial charge in [-0.2, -0.15) is 4.98 Å². The highest BCUT2D eigenvalue weighted by Gasteiger charge is 2.36. The molecule has 43 heavy (non-hydrogen) atoms. The van der Waals surface area contributed by atoms with Gasteiger partial charge in [-0.15, -0.1) is 5.10 Å². The van der Waals surface area contributed by atoms with Crippen molar-refractivity contribution in [2.45, 2.75) is 43.6 Å². The van der Waals surface area contributed by atoms with Crippen LogP contribution in [0, 0.1) is 0 Å². The molecule has 1 unspecified atom stereocenters. The molecule has 1 N–H and O–H groups in total. The Hall–Kier alpha value is -3.47. The molecule has 0 spiro atoms. The van der Waals surface area contributed by atoms with E-state index in [0.29, 0.717) is 68.8 Å². The van der Waals surface area contributed by atoms with Gasteiger partial charge in [0.05, 0.1) is 30.4 Å². The van der Waals surface area contributed by atoms with E-state index in [4.69, 9.17) is 35.9 Å². The maximum atomic E-state index is 13.4. The number of hydrogen-bond acceptors (Lipinski definition) is 8. The molecule has 0 bridgehead atoms. The Morgan fingerprint density at radius 3 is 2.63 bits per heavy atom. The Morgan fingerprint density at radius 2 is 1.88 bits per heavy atom. The summed E-state index contributed by atoms with van der Waals surface area (Å²) < 4.78 is 20.0. The summed E-state index contributed by atoms with van der Waals surface area (Å²) in [7, 11) is 1.60. The maximum Gasteiger partial charge on any atom is 0.338 e. The fraction of sp³-hybridized carbons (Fsp3) is 0.281. The second kappa shape index (κ2) is 14.3. The summed E-state index contributed by atoms with van der Waals surface area (Å²) in [5.41, 5.74) is 4.02. The smallest absolute Gasteiger partial charge is 0.338 e. The number of nitrogens with one attached hydrogen (secondary N) is 1. The van der Waals surface area contributed by atoms with Crippen LogP contribution in [0.15, 0.2) is 87.6 Å². The van der Waals surface area contributed by atoms with Gasteiger partial charge in [0, 0.05) is 22.9 Å². The molecule has 1 aliphatic rings. The van der Waals surface area contributed by atoms with Gasteiger partial charge in [0.15, 0.2) is 11.5 Å². The zero-order chi connectivity index (χ0) is 30.3. The Morgan fingerprint density at radius 1 is 1.12 bits per heavy atom. The van der Waals surface area contributed by atoms with Gasteiger partial charge in [-0.3, -0.25) is 0 Å². The SMILES string of the molecule is CCCOC(=O)C1=C(C)Nc2nc(SCc3ccccc3Cl)nn2C1c1cc(Br)c(OCCc2ccccc2)c(OC)c1. The van der Waals surface area contributed by atoms with Gasteiger partial charge in [-0.25, -0.2) is 9.48 Å². The van der Waals surface area contributed by atoms with E-state index >= 15 is 0 Å². The lowest BCUT2D eigenvalue weighted by Crippen LogP contribution is -2.30. The topological polar surface area (TPSA) is 87.5 Å². The number of ether oxygens (including phenoxy) is 3. The molecule has 0 fully saturated rings. The maximum absolute atomic E-state index is 13.4. The average Bonchev–Trinajstić information content (AvgIpc) is 3.42. The number of nitrogens with zero attached hydrogens (tertiary/aromatic N) is 3. The van der Waals surface area contributed by atoms with Crippen molar-refractivity contribution < 1.29 is 19.0 Å². The predicted molar refractivity (Wildman–Crippen MR) is 173 cm³/mol. The molecule has 11 heteroatoms. The van der Waals surface area contributed by atoms with Crippen LogP contribution in [0.4, 0.5) is 5.95 Å². The normalized spacial score (nSPS) is 14.2. The van der Waals surface area contributed by atoms with Gasteiger partial charge >= 0.3 is 5.97 Å². The van der Waals surface area contributed by atoms with Crippen LogP contribution in [0.2, 0.25) is 5.02 Å². The standard InChI is InChI=1S/C32H32BrClN4O4S/c1-4-15-42-30(39)27-20(2)35-31-36-32(43-19-22-12-8-9-13-25(22)34)37-38(31)28(27)23-17-24(33)29(26(18-23)40-3)41-16-14-21-10-6-5-7-11-21/h5-13,17-18,28H,4,14-16,19H2,1-3H3,(H,35,36,37). The van der Waals surface area contributed by atoms with Crippen LogP contribution < -0.4 is 14.8 Å². The van der Waals surface area contributed by atoms with E-state index in [1.54, 1.807) is 11.8 Å². The molecular weight excluding hydrogens is 652 g/mol. The molecule has 224 valence electrons. The van der Waals surface area contributed by atoms with E-state index in [2.05, 4.69) is 33.4 Å². The highest BCUT2D eigenvalue weighted by atomic mass is 79.9. The monoisotopic (exact) mass is 682 g/mol. The molecule has 1 atom stereocenters. The molecule has 5 rings (SSSR count). The molecule has 1 aromatic heterocycles. The van der Waals surface area contributed by atoms with Crippen LogP contribution in [-0.2, 0) is 21.7 Å². The lowest BCUT2D eigenvalue weighted by Gasteiger charge is -2.28. The van der Waals surface area contributed by atoms with Gasteiger partial charge in [-0.05, 0) is 64.2 Å². The number of esters is 1. The first-order valence-electron chi connectivity index (χ1n) is 13.9. The lowest BCUT2D eigenvalue weighted by atomic mass is 9.95. The van der Waals surface area contributed by atoms with Crippen LogP contribution in [-0.4, -0.2) is 41.1 Å². The molecule has 0 aliphatic carbocycles. The summed E-state index contributed by atoms with van der Waals surface area (Å²) in [5.74, 6) is 1.82. The second-order valence-corrected chi connectivity index (χ2v) is 12.1. The predicted octanol–water partition coefficient (Wildman–Crippen LogP) is 7.86. The Kier molecular flexibility index (Phi) is 10.3. The van der Waals surface area contributed by atoms with Crippen molar-refractivity contribution >= 4 is 51.2 Å². The molecule has 1 aliphatic heterocycles. The number of fused-ring (bicyclic) bond motifs is 1. The molecule has 0 saturated heterocycles. The summed E-state index contributed by atoms with van der Waals surface area (Å²) in [6, 6.07) is 21.0. The van der Waals surface area contributed by atoms with Crippen molar-refractivity contribution in [1.82, 2.24) is 14.8 Å². The van der Waals surface area contributed by atoms with E-state index < -0.39 is 12.0 Å². The summed E-state index contributed by atoms with van der Waals surface area (Å²) in [4.78, 5) is 18.2. The minimum atomic E-state index is -0.619. The van der Waals surface area contributed by atoms with Gasteiger partial charge in [-0.1, -0.05) is 78.8 Å². The third kappa shape index (κ3) is 7.20. The first-order chi connectivity index (χ1) is 20.9. The van der Waals surface area contributed by atoms with Crippen molar-refractivity contribution in [2.75, 3.05) is 25.6 Å². The van der Waals surface area contributed by atoms with Crippen LogP contribution in [0.3, 0.4) is 0 Å². The fourth-order valence-electron chi connectivity index (χ4n) is 4.75. The number of thioether (sulfide) groups is 1. The van der Waals surface area contributed by atoms with Crippen molar-refractivity contribution in [2.24, 2.45) is 0 Å². The molecule has 4 aromatic rings. The molecule has 3 aromatic carbocycles. The van der Waals surface area contributed by atoms with Crippen LogP contribution >= 0.6 is 39.3 Å². The number of aromatic nitrogens is 3. The summed E-state index contributed by atoms with van der Waals surface area (Å²) in [5, 5.41) is 9.32. The van der Waals surface area contributed by atoms with Crippen LogP contribution in [0.5, 0.6) is 11.5 Å². The van der Waals surface area contributed by atoms with Crippen molar-refractivity contribution in [3.8, 4) is 11.5 Å². The Bertz CT molecular complexity index is 1630. The van der Waals surface area contributed by atoms with Gasteiger partial charge in [0.2, 0.25) is 11.1 Å². The number of anilines is 1. The van der Waals surface area contributed by atoms with Crippen LogP contribution in [0.25, 0.3) is 0 Å². The van der Waals surface area contributed by atoms with E-state index in [1.807, 2.05) is 68.4 Å². The van der Waals surface area contributed by atoms with Crippen LogP contribution in [0.1, 0.15) is 43.0 Å². The molecule has 0 saturated carbocycles. The quantitative estimate of drug-likeness (QED) is 0.119. The number of methoxy groups -OCH3 is 1. The van der Waals surface area contributed by atoms with E-state index in [1.165, 1.54) is 17.3 Å². The van der Waals surface area contributed by atoms with Gasteiger partial charge in [0.25, 0.3) is 0 Å². The number of halogens is 2. The van der Waals surface area contributed by atoms with Gasteiger partial charge in [0.1, 0.15) is 6.04 Å². The average molecular weight is 684 g/mol. The number of allylic oxidation sites excluding steroid dienone is 1. The van der Waals surface area contributed by atoms with E-state index in [0.717, 1.165) is 17.5 Å². The number of carbonyl (C=O) groups is 1. The minimum Gasteiger partial charge on any atom is -0.493 e. The molecule has 2 heterocycles. The van der Waals surface area contributed by atoms with E-state index in [9.17, 15) is 4.79 Å². The summed E-state index contributed by atoms with van der Waals surface area (Å²) in [6.07, 6.45) is 1.46. The van der Waals surface area contributed by atoms with Crippen molar-refractivity contribution in [3.63, 3.8) is 0 Å². The lowest BCUT2D eigenvalue weighted by molar-refractivity contribution is -0.139. The first-order valence-corrected chi connectivity index (χ1v) is 16.1. The van der Waals surface area contributed by atoms with E-state index in [-0.39, 0.29) is 0 Å².